The number of carboxylic acid groups (broad SMARTS) is 1. The fourth-order valence-electron chi connectivity index (χ4n) is 2.26. The summed E-state index contributed by atoms with van der Waals surface area (Å²) >= 11 is 0. The summed E-state index contributed by atoms with van der Waals surface area (Å²) in [5.74, 6) is -1.24. The summed E-state index contributed by atoms with van der Waals surface area (Å²) in [5.41, 5.74) is 0.770. The molecule has 0 saturated carbocycles. The third kappa shape index (κ3) is 5.06. The molecule has 7 heteroatoms. The van der Waals surface area contributed by atoms with Gasteiger partial charge in [-0.2, -0.15) is 0 Å². The molecule has 6 nitrogen and oxygen atoms in total. The van der Waals surface area contributed by atoms with Gasteiger partial charge >= 0.3 is 5.97 Å². The van der Waals surface area contributed by atoms with Crippen LogP contribution in [0.5, 0.6) is 0 Å². The number of aromatic carboxylic acids is 1. The summed E-state index contributed by atoms with van der Waals surface area (Å²) in [6.45, 7) is 3.26. The molecule has 0 aromatic heterocycles. The SMILES string of the molecule is CC(C(C)S(C)(=O)=O)N(C)C(=O)CCc1ccccc1C(=O)O. The molecule has 128 valence electrons. The van der Waals surface area contributed by atoms with E-state index in [0.29, 0.717) is 12.0 Å². The number of amides is 1. The van der Waals surface area contributed by atoms with Gasteiger partial charge in [-0.15, -0.1) is 0 Å². The van der Waals surface area contributed by atoms with E-state index in [9.17, 15) is 18.0 Å². The fourth-order valence-corrected chi connectivity index (χ4v) is 3.16. The Labute approximate surface area is 137 Å². The third-order valence-corrected chi connectivity index (χ3v) is 5.96. The first kappa shape index (κ1) is 19.2. The van der Waals surface area contributed by atoms with Gasteiger partial charge in [-0.05, 0) is 31.9 Å². The Morgan fingerprint density at radius 1 is 1.22 bits per heavy atom. The zero-order chi connectivity index (χ0) is 17.8. The highest BCUT2D eigenvalue weighted by Gasteiger charge is 2.27. The Morgan fingerprint density at radius 2 is 1.78 bits per heavy atom. The van der Waals surface area contributed by atoms with E-state index in [1.165, 1.54) is 11.0 Å². The predicted octanol–water partition coefficient (Wildman–Crippen LogP) is 1.60. The van der Waals surface area contributed by atoms with E-state index in [1.54, 1.807) is 39.1 Å². The van der Waals surface area contributed by atoms with E-state index in [-0.39, 0.29) is 17.9 Å². The lowest BCUT2D eigenvalue weighted by atomic mass is 10.0. The van der Waals surface area contributed by atoms with Crippen LogP contribution >= 0.6 is 0 Å². The lowest BCUT2D eigenvalue weighted by Crippen LogP contribution is -2.44. The molecule has 1 aromatic rings. The quantitative estimate of drug-likeness (QED) is 0.813. The second kappa shape index (κ2) is 7.59. The molecular weight excluding hydrogens is 318 g/mol. The van der Waals surface area contributed by atoms with Crippen molar-refractivity contribution in [3.05, 3.63) is 35.4 Å². The van der Waals surface area contributed by atoms with Gasteiger partial charge in [0.15, 0.2) is 9.84 Å². The van der Waals surface area contributed by atoms with Gasteiger partial charge in [0.1, 0.15) is 0 Å². The molecule has 0 spiro atoms. The van der Waals surface area contributed by atoms with Crippen molar-refractivity contribution in [1.29, 1.82) is 0 Å². The van der Waals surface area contributed by atoms with Gasteiger partial charge in [-0.1, -0.05) is 18.2 Å². The fraction of sp³-hybridized carbons (Fsp3) is 0.500. The number of aryl methyl sites for hydroxylation is 1. The summed E-state index contributed by atoms with van der Waals surface area (Å²) < 4.78 is 23.2. The van der Waals surface area contributed by atoms with Crippen molar-refractivity contribution < 1.29 is 23.1 Å². The number of nitrogens with zero attached hydrogens (tertiary/aromatic N) is 1. The van der Waals surface area contributed by atoms with E-state index < -0.39 is 27.1 Å². The van der Waals surface area contributed by atoms with Gasteiger partial charge < -0.3 is 10.0 Å². The van der Waals surface area contributed by atoms with Crippen LogP contribution in [0.15, 0.2) is 24.3 Å². The van der Waals surface area contributed by atoms with Crippen molar-refractivity contribution in [2.45, 2.75) is 38.0 Å². The van der Waals surface area contributed by atoms with Gasteiger partial charge in [0.2, 0.25) is 5.91 Å². The van der Waals surface area contributed by atoms with Crippen LogP contribution in [0.3, 0.4) is 0 Å². The molecule has 1 N–H and O–H groups in total. The summed E-state index contributed by atoms with van der Waals surface area (Å²) in [5, 5.41) is 8.46. The first-order valence-electron chi connectivity index (χ1n) is 7.31. The number of carbonyl (C=O) groups is 2. The topological polar surface area (TPSA) is 91.8 Å². The zero-order valence-corrected chi connectivity index (χ0v) is 14.6. The first-order valence-corrected chi connectivity index (χ1v) is 9.27. The Hall–Kier alpha value is -1.89. The van der Waals surface area contributed by atoms with Crippen molar-refractivity contribution in [2.24, 2.45) is 0 Å². The second-order valence-corrected chi connectivity index (χ2v) is 8.14. The zero-order valence-electron chi connectivity index (χ0n) is 13.8. The second-order valence-electron chi connectivity index (χ2n) is 5.74. The molecular formula is C16H23NO5S. The molecule has 1 rings (SSSR count). The molecule has 0 bridgehead atoms. The highest BCUT2D eigenvalue weighted by Crippen LogP contribution is 2.15. The molecule has 2 atom stereocenters. The number of benzene rings is 1. The Morgan fingerprint density at radius 3 is 2.30 bits per heavy atom. The smallest absolute Gasteiger partial charge is 0.335 e. The normalized spacial score (nSPS) is 14.1. The van der Waals surface area contributed by atoms with Crippen molar-refractivity contribution in [3.63, 3.8) is 0 Å². The number of hydrogen-bond donors (Lipinski definition) is 1. The lowest BCUT2D eigenvalue weighted by molar-refractivity contribution is -0.131. The molecule has 23 heavy (non-hydrogen) atoms. The highest BCUT2D eigenvalue weighted by molar-refractivity contribution is 7.91. The minimum atomic E-state index is -3.24. The Balaban J connectivity index is 2.76. The molecule has 0 aliphatic carbocycles. The van der Waals surface area contributed by atoms with E-state index in [0.717, 1.165) is 6.26 Å². The van der Waals surface area contributed by atoms with Crippen LogP contribution in [-0.4, -0.2) is 54.9 Å². The summed E-state index contributed by atoms with van der Waals surface area (Å²) in [6.07, 6.45) is 1.57. The van der Waals surface area contributed by atoms with Crippen molar-refractivity contribution >= 4 is 21.7 Å². The molecule has 2 unspecified atom stereocenters. The van der Waals surface area contributed by atoms with Crippen LogP contribution in [-0.2, 0) is 21.1 Å². The molecule has 0 aliphatic heterocycles. The maximum atomic E-state index is 12.3. The number of carbonyl (C=O) groups excluding carboxylic acids is 1. The van der Waals surface area contributed by atoms with Crippen molar-refractivity contribution in [3.8, 4) is 0 Å². The third-order valence-electron chi connectivity index (χ3n) is 4.21. The monoisotopic (exact) mass is 341 g/mol. The Kier molecular flexibility index (Phi) is 6.32. The molecule has 0 saturated heterocycles. The number of carboxylic acids is 1. The summed E-state index contributed by atoms with van der Waals surface area (Å²) in [4.78, 5) is 24.8. The van der Waals surface area contributed by atoms with Crippen LogP contribution in [0, 0.1) is 0 Å². The largest absolute Gasteiger partial charge is 0.478 e. The van der Waals surface area contributed by atoms with E-state index in [4.69, 9.17) is 5.11 Å². The molecule has 1 aromatic carbocycles. The maximum Gasteiger partial charge on any atom is 0.335 e. The van der Waals surface area contributed by atoms with Crippen LogP contribution in [0.4, 0.5) is 0 Å². The maximum absolute atomic E-state index is 12.3. The molecule has 0 radical (unpaired) electrons. The highest BCUT2D eigenvalue weighted by atomic mass is 32.2. The van der Waals surface area contributed by atoms with E-state index in [2.05, 4.69) is 0 Å². The van der Waals surface area contributed by atoms with Gasteiger partial charge in [-0.3, -0.25) is 4.79 Å². The summed E-state index contributed by atoms with van der Waals surface area (Å²) in [6, 6.07) is 6.09. The standard InChI is InChI=1S/C16H23NO5S/c1-11(12(2)23(4,21)22)17(3)15(18)10-9-13-7-5-6-8-14(13)16(19)20/h5-8,11-12H,9-10H2,1-4H3,(H,19,20). The average molecular weight is 341 g/mol. The minimum absolute atomic E-state index is 0.127. The van der Waals surface area contributed by atoms with Crippen LogP contribution < -0.4 is 0 Å². The average Bonchev–Trinajstić information content (AvgIpc) is 2.49. The van der Waals surface area contributed by atoms with Crippen LogP contribution in [0.2, 0.25) is 0 Å². The number of hydrogen-bond acceptors (Lipinski definition) is 4. The first-order chi connectivity index (χ1) is 10.6. The molecule has 0 fully saturated rings. The van der Waals surface area contributed by atoms with Gasteiger partial charge in [0, 0.05) is 25.8 Å². The van der Waals surface area contributed by atoms with Crippen molar-refractivity contribution in [1.82, 2.24) is 4.90 Å². The van der Waals surface area contributed by atoms with Crippen LogP contribution in [0.25, 0.3) is 0 Å². The van der Waals surface area contributed by atoms with Crippen molar-refractivity contribution in [2.75, 3.05) is 13.3 Å². The summed E-state index contributed by atoms with van der Waals surface area (Å²) in [7, 11) is -1.67. The van der Waals surface area contributed by atoms with Gasteiger partial charge in [0.05, 0.1) is 10.8 Å². The minimum Gasteiger partial charge on any atom is -0.478 e. The number of rotatable bonds is 7. The predicted molar refractivity (Wildman–Crippen MR) is 88.3 cm³/mol. The van der Waals surface area contributed by atoms with Crippen LogP contribution in [0.1, 0.15) is 36.2 Å². The van der Waals surface area contributed by atoms with E-state index >= 15 is 0 Å². The number of sulfone groups is 1. The molecule has 0 aliphatic rings. The molecule has 1 amide bonds. The Bertz CT molecular complexity index is 683. The van der Waals surface area contributed by atoms with Gasteiger partial charge in [0.25, 0.3) is 0 Å². The van der Waals surface area contributed by atoms with Gasteiger partial charge in [-0.25, -0.2) is 13.2 Å². The lowest BCUT2D eigenvalue weighted by Gasteiger charge is -2.29. The van der Waals surface area contributed by atoms with E-state index in [1.807, 2.05) is 0 Å². The molecule has 0 heterocycles.